The Morgan fingerprint density at radius 3 is 2.63 bits per heavy atom. The fourth-order valence-electron chi connectivity index (χ4n) is 3.99. The summed E-state index contributed by atoms with van der Waals surface area (Å²) in [5.74, 6) is 1.92. The maximum Gasteiger partial charge on any atom is 0.227 e. The molecule has 0 aromatic carbocycles. The molecule has 0 bridgehead atoms. The van der Waals surface area contributed by atoms with E-state index in [4.69, 9.17) is 9.97 Å². The van der Waals surface area contributed by atoms with E-state index < -0.39 is 0 Å². The maximum absolute atomic E-state index is 10.6. The van der Waals surface area contributed by atoms with Crippen LogP contribution in [0.4, 0.5) is 11.8 Å². The number of aryl methyl sites for hydroxylation is 1. The van der Waals surface area contributed by atoms with Crippen LogP contribution in [0.3, 0.4) is 0 Å². The lowest BCUT2D eigenvalue weighted by molar-refractivity contribution is 0.147. The standard InChI is InChI=1S/C20H28N6O/c1-2-16-11-19(24-20(23-16)25-8-4-3-5-9-25)26-13-15(18(27)14-26)10-17-12-21-6-7-22-17/h6-7,11-12,15,18,27H,2-5,8-10,13-14H2,1H3/t15-,18-/m1/s1. The van der Waals surface area contributed by atoms with Crippen LogP contribution < -0.4 is 9.80 Å². The van der Waals surface area contributed by atoms with Gasteiger partial charge in [0.1, 0.15) is 5.82 Å². The van der Waals surface area contributed by atoms with Gasteiger partial charge in [-0.1, -0.05) is 6.92 Å². The van der Waals surface area contributed by atoms with Crippen molar-refractivity contribution in [3.05, 3.63) is 36.0 Å². The molecule has 0 spiro atoms. The van der Waals surface area contributed by atoms with E-state index in [1.54, 1.807) is 18.6 Å². The topological polar surface area (TPSA) is 78.3 Å². The largest absolute Gasteiger partial charge is 0.391 e. The van der Waals surface area contributed by atoms with Crippen LogP contribution in [0.2, 0.25) is 0 Å². The Kier molecular flexibility index (Phi) is 5.48. The Bertz CT molecular complexity index is 749. The molecule has 4 rings (SSSR count). The summed E-state index contributed by atoms with van der Waals surface area (Å²) in [5.41, 5.74) is 1.99. The van der Waals surface area contributed by atoms with Crippen molar-refractivity contribution in [3.63, 3.8) is 0 Å². The van der Waals surface area contributed by atoms with E-state index in [-0.39, 0.29) is 12.0 Å². The highest BCUT2D eigenvalue weighted by atomic mass is 16.3. The van der Waals surface area contributed by atoms with E-state index in [9.17, 15) is 5.11 Å². The van der Waals surface area contributed by atoms with Crippen LogP contribution in [0.15, 0.2) is 24.7 Å². The number of aliphatic hydroxyl groups is 1. The van der Waals surface area contributed by atoms with Crippen molar-refractivity contribution < 1.29 is 5.11 Å². The van der Waals surface area contributed by atoms with Crippen LogP contribution in [0.5, 0.6) is 0 Å². The van der Waals surface area contributed by atoms with Gasteiger partial charge in [-0.05, 0) is 32.1 Å². The molecular formula is C20H28N6O. The molecule has 2 saturated heterocycles. The molecule has 0 radical (unpaired) electrons. The van der Waals surface area contributed by atoms with Gasteiger partial charge < -0.3 is 14.9 Å². The summed E-state index contributed by atoms with van der Waals surface area (Å²) in [7, 11) is 0. The summed E-state index contributed by atoms with van der Waals surface area (Å²) in [5, 5.41) is 10.6. The number of rotatable bonds is 5. The highest BCUT2D eigenvalue weighted by Gasteiger charge is 2.33. The van der Waals surface area contributed by atoms with Gasteiger partial charge in [0.2, 0.25) is 5.95 Å². The van der Waals surface area contributed by atoms with Crippen LogP contribution >= 0.6 is 0 Å². The second kappa shape index (κ2) is 8.17. The lowest BCUT2D eigenvalue weighted by atomic mass is 10.0. The van der Waals surface area contributed by atoms with E-state index in [0.717, 1.165) is 55.6 Å². The second-order valence-corrected chi connectivity index (χ2v) is 7.55. The van der Waals surface area contributed by atoms with Crippen molar-refractivity contribution >= 4 is 11.8 Å². The van der Waals surface area contributed by atoms with Gasteiger partial charge in [0, 0.05) is 62.4 Å². The normalized spacial score (nSPS) is 23.0. The fraction of sp³-hybridized carbons (Fsp3) is 0.600. The molecule has 144 valence electrons. The van der Waals surface area contributed by atoms with Gasteiger partial charge in [0.25, 0.3) is 0 Å². The quantitative estimate of drug-likeness (QED) is 0.863. The molecule has 2 aliphatic rings. The molecule has 1 N–H and O–H groups in total. The number of hydrogen-bond donors (Lipinski definition) is 1. The lowest BCUT2D eigenvalue weighted by Crippen LogP contribution is -2.32. The number of piperidine rings is 1. The molecule has 0 aliphatic carbocycles. The minimum Gasteiger partial charge on any atom is -0.391 e. The first-order valence-corrected chi connectivity index (χ1v) is 10.0. The summed E-state index contributed by atoms with van der Waals surface area (Å²) in [4.78, 5) is 22.6. The van der Waals surface area contributed by atoms with E-state index in [1.807, 2.05) is 0 Å². The second-order valence-electron chi connectivity index (χ2n) is 7.55. The third-order valence-corrected chi connectivity index (χ3v) is 5.57. The summed E-state index contributed by atoms with van der Waals surface area (Å²) >= 11 is 0. The van der Waals surface area contributed by atoms with Crippen molar-refractivity contribution in [3.8, 4) is 0 Å². The van der Waals surface area contributed by atoms with E-state index >= 15 is 0 Å². The molecule has 7 nitrogen and oxygen atoms in total. The third kappa shape index (κ3) is 4.18. The molecule has 2 fully saturated rings. The van der Waals surface area contributed by atoms with Gasteiger partial charge in [0.05, 0.1) is 11.8 Å². The highest BCUT2D eigenvalue weighted by molar-refractivity contribution is 5.47. The van der Waals surface area contributed by atoms with Crippen LogP contribution in [-0.4, -0.2) is 57.3 Å². The molecule has 2 aromatic heterocycles. The molecule has 2 aromatic rings. The van der Waals surface area contributed by atoms with E-state index in [2.05, 4.69) is 32.8 Å². The maximum atomic E-state index is 10.6. The number of aliphatic hydroxyl groups excluding tert-OH is 1. The van der Waals surface area contributed by atoms with Gasteiger partial charge in [-0.2, -0.15) is 4.98 Å². The molecule has 27 heavy (non-hydrogen) atoms. The minimum atomic E-state index is -0.384. The molecule has 4 heterocycles. The van der Waals surface area contributed by atoms with Crippen LogP contribution in [0.25, 0.3) is 0 Å². The molecule has 0 unspecified atom stereocenters. The first-order valence-electron chi connectivity index (χ1n) is 10.0. The zero-order valence-electron chi connectivity index (χ0n) is 16.0. The van der Waals surface area contributed by atoms with Gasteiger partial charge in [-0.25, -0.2) is 4.98 Å². The number of nitrogens with zero attached hydrogens (tertiary/aromatic N) is 6. The van der Waals surface area contributed by atoms with Crippen molar-refractivity contribution in [2.24, 2.45) is 5.92 Å². The highest BCUT2D eigenvalue weighted by Crippen LogP contribution is 2.27. The summed E-state index contributed by atoms with van der Waals surface area (Å²) in [6, 6.07) is 2.07. The number of anilines is 2. The number of hydrogen-bond acceptors (Lipinski definition) is 7. The Balaban J connectivity index is 1.52. The zero-order chi connectivity index (χ0) is 18.6. The van der Waals surface area contributed by atoms with E-state index in [1.165, 1.54) is 19.3 Å². The Labute approximate surface area is 160 Å². The lowest BCUT2D eigenvalue weighted by Gasteiger charge is -2.28. The molecule has 7 heteroatoms. The Morgan fingerprint density at radius 1 is 1.04 bits per heavy atom. The molecular weight excluding hydrogens is 340 g/mol. The predicted molar refractivity (Wildman–Crippen MR) is 105 cm³/mol. The van der Waals surface area contributed by atoms with E-state index in [0.29, 0.717) is 6.54 Å². The van der Waals surface area contributed by atoms with Gasteiger partial charge in [-0.3, -0.25) is 9.97 Å². The predicted octanol–water partition coefficient (Wildman–Crippen LogP) is 1.86. The third-order valence-electron chi connectivity index (χ3n) is 5.57. The number of aromatic nitrogens is 4. The average Bonchev–Trinajstić information content (AvgIpc) is 3.09. The van der Waals surface area contributed by atoms with Gasteiger partial charge >= 0.3 is 0 Å². The first kappa shape index (κ1) is 18.1. The summed E-state index contributed by atoms with van der Waals surface area (Å²) < 4.78 is 0. The Hall–Kier alpha value is -2.28. The van der Waals surface area contributed by atoms with Crippen molar-refractivity contribution in [1.82, 2.24) is 19.9 Å². The van der Waals surface area contributed by atoms with Crippen LogP contribution in [-0.2, 0) is 12.8 Å². The van der Waals surface area contributed by atoms with Crippen LogP contribution in [0.1, 0.15) is 37.6 Å². The Morgan fingerprint density at radius 2 is 1.89 bits per heavy atom. The molecule has 2 atom stereocenters. The molecule has 0 saturated carbocycles. The van der Waals surface area contributed by atoms with Crippen LogP contribution in [0, 0.1) is 5.92 Å². The van der Waals surface area contributed by atoms with Crippen molar-refractivity contribution in [2.75, 3.05) is 36.0 Å². The minimum absolute atomic E-state index is 0.139. The van der Waals surface area contributed by atoms with Crippen molar-refractivity contribution in [1.29, 1.82) is 0 Å². The zero-order valence-corrected chi connectivity index (χ0v) is 16.0. The van der Waals surface area contributed by atoms with Gasteiger partial charge in [-0.15, -0.1) is 0 Å². The monoisotopic (exact) mass is 368 g/mol. The molecule has 0 amide bonds. The smallest absolute Gasteiger partial charge is 0.227 e. The summed E-state index contributed by atoms with van der Waals surface area (Å²) in [6.45, 7) is 5.57. The SMILES string of the molecule is CCc1cc(N2C[C@@H](Cc3cnccn3)[C@H](O)C2)nc(N2CCCCC2)n1. The number of β-amino-alcohol motifs (C(OH)–C–C–N with tert-alkyl or cyclic N) is 1. The average molecular weight is 368 g/mol. The fourth-order valence-corrected chi connectivity index (χ4v) is 3.99. The summed E-state index contributed by atoms with van der Waals surface area (Å²) in [6.07, 6.45) is 10.1. The van der Waals surface area contributed by atoms with Crippen molar-refractivity contribution in [2.45, 2.75) is 45.1 Å². The first-order chi connectivity index (χ1) is 13.2. The van der Waals surface area contributed by atoms with Gasteiger partial charge in [0.15, 0.2) is 0 Å². The molecule has 2 aliphatic heterocycles.